The van der Waals surface area contributed by atoms with E-state index in [0.29, 0.717) is 17.3 Å². The Hall–Kier alpha value is -2.47. The van der Waals surface area contributed by atoms with Crippen molar-refractivity contribution < 1.29 is 19.4 Å². The molecular weight excluding hydrogens is 404 g/mol. The number of aliphatic carboxylic acids is 1. The molecule has 1 saturated heterocycles. The maximum atomic E-state index is 11.2. The van der Waals surface area contributed by atoms with Crippen LogP contribution in [-0.4, -0.2) is 41.9 Å². The number of benzene rings is 1. The maximum absolute atomic E-state index is 11.2. The summed E-state index contributed by atoms with van der Waals surface area (Å²) in [7, 11) is 1.60. The summed E-state index contributed by atoms with van der Waals surface area (Å²) in [4.78, 5) is 17.6. The Morgan fingerprint density at radius 1 is 1.33 bits per heavy atom. The van der Waals surface area contributed by atoms with Crippen LogP contribution in [0.5, 0.6) is 11.6 Å². The molecule has 3 heterocycles. The third kappa shape index (κ3) is 4.19. The zero-order valence-corrected chi connectivity index (χ0v) is 18.1. The number of aryl methyl sites for hydroxylation is 1. The average Bonchev–Trinajstić information content (AvgIpc) is 2.74. The predicted molar refractivity (Wildman–Crippen MR) is 116 cm³/mol. The first-order valence-electron chi connectivity index (χ1n) is 10.4. The van der Waals surface area contributed by atoms with Gasteiger partial charge in [0, 0.05) is 32.0 Å². The maximum Gasteiger partial charge on any atom is 0.306 e. The van der Waals surface area contributed by atoms with Crippen molar-refractivity contribution in [3.05, 3.63) is 46.6 Å². The Bertz CT molecular complexity index is 941. The van der Waals surface area contributed by atoms with Gasteiger partial charge in [-0.05, 0) is 36.5 Å². The lowest BCUT2D eigenvalue weighted by molar-refractivity contribution is -0.141. The Morgan fingerprint density at radius 2 is 2.10 bits per heavy atom. The molecule has 1 spiro atoms. The number of anilines is 1. The molecular formula is C23H27ClN2O4. The number of halogens is 1. The molecule has 1 aromatic heterocycles. The predicted octanol–water partition coefficient (Wildman–Crippen LogP) is 4.37. The summed E-state index contributed by atoms with van der Waals surface area (Å²) >= 11 is 6.38. The number of carboxylic acids is 1. The van der Waals surface area contributed by atoms with Crippen LogP contribution in [0.25, 0.3) is 0 Å². The standard InChI is InChI=1S/C23H27ClN2O4/c1-15(22(27)28)11-16-3-4-17-5-6-23(30-20(17)12-16)7-9-26(10-8-23)19-13-21(29-2)25-14-18(19)24/h3-4,12-15H,5-11H2,1-2H3,(H,27,28). The van der Waals surface area contributed by atoms with Crippen LogP contribution in [0.3, 0.4) is 0 Å². The summed E-state index contributed by atoms with van der Waals surface area (Å²) in [5, 5.41) is 9.82. The minimum atomic E-state index is -0.774. The van der Waals surface area contributed by atoms with E-state index in [9.17, 15) is 9.90 Å². The lowest BCUT2D eigenvalue weighted by Gasteiger charge is -2.45. The first-order chi connectivity index (χ1) is 14.4. The highest BCUT2D eigenvalue weighted by atomic mass is 35.5. The van der Waals surface area contributed by atoms with Gasteiger partial charge in [-0.15, -0.1) is 0 Å². The number of hydrogen-bond donors (Lipinski definition) is 1. The number of piperidine rings is 1. The summed E-state index contributed by atoms with van der Waals surface area (Å²) in [6, 6.07) is 8.03. The molecule has 7 heteroatoms. The van der Waals surface area contributed by atoms with E-state index < -0.39 is 11.9 Å². The van der Waals surface area contributed by atoms with Crippen LogP contribution in [0.1, 0.15) is 37.3 Å². The van der Waals surface area contributed by atoms with Gasteiger partial charge in [-0.3, -0.25) is 4.79 Å². The fraction of sp³-hybridized carbons (Fsp3) is 0.478. The SMILES string of the molecule is COc1cc(N2CCC3(CCc4ccc(CC(C)C(=O)O)cc4O3)CC2)c(Cl)cn1. The molecule has 0 aliphatic carbocycles. The average molecular weight is 431 g/mol. The van der Waals surface area contributed by atoms with E-state index in [0.717, 1.165) is 55.8 Å². The Balaban J connectivity index is 1.46. The number of carboxylic acid groups (broad SMARTS) is 1. The first kappa shape index (κ1) is 20.8. The molecule has 2 aliphatic rings. The smallest absolute Gasteiger partial charge is 0.306 e. The van der Waals surface area contributed by atoms with Crippen molar-refractivity contribution in [2.75, 3.05) is 25.1 Å². The quantitative estimate of drug-likeness (QED) is 0.759. The number of hydrogen-bond acceptors (Lipinski definition) is 5. The molecule has 1 N–H and O–H groups in total. The van der Waals surface area contributed by atoms with Crippen LogP contribution >= 0.6 is 11.6 Å². The van der Waals surface area contributed by atoms with Crippen molar-refractivity contribution in [1.29, 1.82) is 0 Å². The van der Waals surface area contributed by atoms with Gasteiger partial charge in [0.2, 0.25) is 5.88 Å². The van der Waals surface area contributed by atoms with Crippen LogP contribution in [0.2, 0.25) is 5.02 Å². The monoisotopic (exact) mass is 430 g/mol. The van der Waals surface area contributed by atoms with E-state index in [-0.39, 0.29) is 5.60 Å². The van der Waals surface area contributed by atoms with E-state index >= 15 is 0 Å². The number of aromatic nitrogens is 1. The Morgan fingerprint density at radius 3 is 2.80 bits per heavy atom. The Labute approximate surface area is 181 Å². The van der Waals surface area contributed by atoms with Gasteiger partial charge in [-0.25, -0.2) is 4.98 Å². The zero-order chi connectivity index (χ0) is 21.3. The van der Waals surface area contributed by atoms with Crippen molar-refractivity contribution in [1.82, 2.24) is 4.98 Å². The summed E-state index contributed by atoms with van der Waals surface area (Å²) in [6.07, 6.45) is 5.93. The molecule has 0 radical (unpaired) electrons. The number of ether oxygens (including phenoxy) is 2. The second-order valence-electron chi connectivity index (χ2n) is 8.34. The second-order valence-corrected chi connectivity index (χ2v) is 8.74. The van der Waals surface area contributed by atoms with E-state index in [1.54, 1.807) is 20.2 Å². The molecule has 1 unspecified atom stereocenters. The van der Waals surface area contributed by atoms with Gasteiger partial charge < -0.3 is 19.5 Å². The molecule has 4 rings (SSSR count). The lowest BCUT2D eigenvalue weighted by atomic mass is 9.82. The van der Waals surface area contributed by atoms with Crippen molar-refractivity contribution in [3.63, 3.8) is 0 Å². The molecule has 1 fully saturated rings. The summed E-state index contributed by atoms with van der Waals surface area (Å²) in [6.45, 7) is 3.43. The third-order valence-electron chi connectivity index (χ3n) is 6.31. The first-order valence-corrected chi connectivity index (χ1v) is 10.7. The van der Waals surface area contributed by atoms with Crippen molar-refractivity contribution in [3.8, 4) is 11.6 Å². The molecule has 0 saturated carbocycles. The van der Waals surface area contributed by atoms with Crippen LogP contribution in [0, 0.1) is 5.92 Å². The molecule has 6 nitrogen and oxygen atoms in total. The number of nitrogens with zero attached hydrogens (tertiary/aromatic N) is 2. The topological polar surface area (TPSA) is 71.9 Å². The summed E-state index contributed by atoms with van der Waals surface area (Å²) < 4.78 is 11.8. The van der Waals surface area contributed by atoms with Crippen LogP contribution in [-0.2, 0) is 17.6 Å². The van der Waals surface area contributed by atoms with Gasteiger partial charge in [0.05, 0.1) is 29.9 Å². The van der Waals surface area contributed by atoms with Crippen molar-refractivity contribution in [2.24, 2.45) is 5.92 Å². The highest BCUT2D eigenvalue weighted by molar-refractivity contribution is 6.33. The van der Waals surface area contributed by atoms with Crippen LogP contribution in [0.15, 0.2) is 30.5 Å². The summed E-state index contributed by atoms with van der Waals surface area (Å²) in [5.74, 6) is 0.281. The molecule has 0 amide bonds. The highest BCUT2D eigenvalue weighted by Gasteiger charge is 2.40. The molecule has 30 heavy (non-hydrogen) atoms. The normalized spacial score (nSPS) is 18.4. The van der Waals surface area contributed by atoms with E-state index in [4.69, 9.17) is 21.1 Å². The van der Waals surface area contributed by atoms with Crippen LogP contribution in [0.4, 0.5) is 5.69 Å². The third-order valence-corrected chi connectivity index (χ3v) is 6.60. The fourth-order valence-corrected chi connectivity index (χ4v) is 4.61. The van der Waals surface area contributed by atoms with E-state index in [1.807, 2.05) is 18.2 Å². The van der Waals surface area contributed by atoms with Gasteiger partial charge >= 0.3 is 5.97 Å². The molecule has 160 valence electrons. The Kier molecular flexibility index (Phi) is 5.78. The molecule has 1 atom stereocenters. The van der Waals surface area contributed by atoms with Gasteiger partial charge in [-0.1, -0.05) is 30.7 Å². The largest absolute Gasteiger partial charge is 0.487 e. The second kappa shape index (κ2) is 8.34. The lowest BCUT2D eigenvalue weighted by Crippen LogP contribution is -2.50. The number of pyridine rings is 1. The van der Waals surface area contributed by atoms with Crippen LogP contribution < -0.4 is 14.4 Å². The van der Waals surface area contributed by atoms with Gasteiger partial charge in [0.1, 0.15) is 11.4 Å². The van der Waals surface area contributed by atoms with Crippen molar-refractivity contribution >= 4 is 23.3 Å². The number of fused-ring (bicyclic) bond motifs is 1. The number of methoxy groups -OCH3 is 1. The zero-order valence-electron chi connectivity index (χ0n) is 17.4. The fourth-order valence-electron chi connectivity index (χ4n) is 4.39. The van der Waals surface area contributed by atoms with Gasteiger partial charge in [-0.2, -0.15) is 0 Å². The highest BCUT2D eigenvalue weighted by Crippen LogP contribution is 2.41. The molecule has 0 bridgehead atoms. The molecule has 2 aromatic rings. The summed E-state index contributed by atoms with van der Waals surface area (Å²) in [5.41, 5.74) is 2.98. The van der Waals surface area contributed by atoms with E-state index in [1.165, 1.54) is 5.56 Å². The molecule has 2 aliphatic heterocycles. The minimum Gasteiger partial charge on any atom is -0.487 e. The van der Waals surface area contributed by atoms with Gasteiger partial charge in [0.25, 0.3) is 0 Å². The van der Waals surface area contributed by atoms with Crippen molar-refractivity contribution in [2.45, 2.75) is 44.6 Å². The van der Waals surface area contributed by atoms with E-state index in [2.05, 4.69) is 16.0 Å². The number of rotatable bonds is 5. The van der Waals surface area contributed by atoms with Gasteiger partial charge in [0.15, 0.2) is 0 Å². The molecule has 1 aromatic carbocycles. The minimum absolute atomic E-state index is 0.176. The number of carbonyl (C=O) groups is 1.